The lowest BCUT2D eigenvalue weighted by Crippen LogP contribution is -2.24. The summed E-state index contributed by atoms with van der Waals surface area (Å²) in [6, 6.07) is 5.38. The number of nitrogens with one attached hydrogen (secondary N) is 1. The predicted octanol–water partition coefficient (Wildman–Crippen LogP) is 3.43. The van der Waals surface area contributed by atoms with E-state index in [2.05, 4.69) is 16.6 Å². The molecular formula is C15H20N2O2S. The van der Waals surface area contributed by atoms with Crippen LogP contribution in [-0.2, 0) is 0 Å². The first kappa shape index (κ1) is 14.9. The molecule has 2 rings (SSSR count). The van der Waals surface area contributed by atoms with Gasteiger partial charge in [0.25, 0.3) is 5.91 Å². The number of benzene rings is 1. The second kappa shape index (κ2) is 6.79. The molecule has 1 aromatic heterocycles. The van der Waals surface area contributed by atoms with Crippen LogP contribution in [0, 0.1) is 0 Å². The number of amides is 1. The van der Waals surface area contributed by atoms with E-state index in [1.54, 1.807) is 23.9 Å². The Morgan fingerprint density at radius 1 is 1.45 bits per heavy atom. The molecule has 0 aliphatic heterocycles. The van der Waals surface area contributed by atoms with Crippen LogP contribution in [0.2, 0.25) is 0 Å². The smallest absolute Gasteiger partial charge is 0.251 e. The van der Waals surface area contributed by atoms with E-state index in [1.165, 1.54) is 0 Å². The Kier molecular flexibility index (Phi) is 5.06. The maximum absolute atomic E-state index is 12.0. The SMILES string of the molecule is CSCCCNC(=O)c1ccc2oc(C(C)C)nc2c1. The maximum atomic E-state index is 12.0. The van der Waals surface area contributed by atoms with Crippen molar-refractivity contribution in [1.29, 1.82) is 0 Å². The Labute approximate surface area is 123 Å². The number of hydrogen-bond acceptors (Lipinski definition) is 4. The highest BCUT2D eigenvalue weighted by Gasteiger charge is 2.12. The molecule has 0 radical (unpaired) electrons. The zero-order valence-electron chi connectivity index (χ0n) is 12.1. The van der Waals surface area contributed by atoms with Gasteiger partial charge < -0.3 is 9.73 Å². The quantitative estimate of drug-likeness (QED) is 0.829. The molecule has 108 valence electrons. The van der Waals surface area contributed by atoms with E-state index in [1.807, 2.05) is 19.9 Å². The van der Waals surface area contributed by atoms with Crippen LogP contribution in [0.5, 0.6) is 0 Å². The van der Waals surface area contributed by atoms with Crippen LogP contribution in [0.3, 0.4) is 0 Å². The molecule has 1 N–H and O–H groups in total. The van der Waals surface area contributed by atoms with Crippen LogP contribution in [0.4, 0.5) is 0 Å². The molecule has 2 aromatic rings. The van der Waals surface area contributed by atoms with Crippen molar-refractivity contribution in [3.8, 4) is 0 Å². The number of nitrogens with zero attached hydrogens (tertiary/aromatic N) is 1. The Bertz CT molecular complexity index is 593. The molecule has 0 fully saturated rings. The summed E-state index contributed by atoms with van der Waals surface area (Å²) in [6.07, 6.45) is 3.04. The van der Waals surface area contributed by atoms with Crippen LogP contribution < -0.4 is 5.32 Å². The van der Waals surface area contributed by atoms with Gasteiger partial charge in [0.2, 0.25) is 0 Å². The standard InChI is InChI=1S/C15H20N2O2S/c1-10(2)15-17-12-9-11(5-6-13(12)19-15)14(18)16-7-4-8-20-3/h5-6,9-10H,4,7-8H2,1-3H3,(H,16,18). The summed E-state index contributed by atoms with van der Waals surface area (Å²) >= 11 is 1.78. The average Bonchev–Trinajstić information content (AvgIpc) is 2.86. The molecule has 1 amide bonds. The van der Waals surface area contributed by atoms with E-state index >= 15 is 0 Å². The summed E-state index contributed by atoms with van der Waals surface area (Å²) in [7, 11) is 0. The summed E-state index contributed by atoms with van der Waals surface area (Å²) in [5.74, 6) is 1.95. The molecule has 20 heavy (non-hydrogen) atoms. The van der Waals surface area contributed by atoms with Crippen LogP contribution >= 0.6 is 11.8 Å². The Hall–Kier alpha value is -1.49. The molecular weight excluding hydrogens is 272 g/mol. The summed E-state index contributed by atoms with van der Waals surface area (Å²) in [5.41, 5.74) is 2.10. The minimum Gasteiger partial charge on any atom is -0.440 e. The third kappa shape index (κ3) is 3.54. The molecule has 5 heteroatoms. The third-order valence-corrected chi connectivity index (χ3v) is 3.67. The predicted molar refractivity (Wildman–Crippen MR) is 83.4 cm³/mol. The number of carbonyl (C=O) groups is 1. The summed E-state index contributed by atoms with van der Waals surface area (Å²) in [4.78, 5) is 16.4. The fourth-order valence-corrected chi connectivity index (χ4v) is 2.29. The molecule has 0 aliphatic rings. The van der Waals surface area contributed by atoms with Gasteiger partial charge in [-0.2, -0.15) is 11.8 Å². The van der Waals surface area contributed by atoms with E-state index in [0.717, 1.165) is 23.3 Å². The second-order valence-electron chi connectivity index (χ2n) is 4.99. The highest BCUT2D eigenvalue weighted by atomic mass is 32.2. The molecule has 0 atom stereocenters. The lowest BCUT2D eigenvalue weighted by Gasteiger charge is -2.04. The number of rotatable bonds is 6. The number of thioether (sulfide) groups is 1. The van der Waals surface area contributed by atoms with Gasteiger partial charge >= 0.3 is 0 Å². The maximum Gasteiger partial charge on any atom is 0.251 e. The van der Waals surface area contributed by atoms with Gasteiger partial charge in [0, 0.05) is 18.0 Å². The van der Waals surface area contributed by atoms with Gasteiger partial charge in [0.05, 0.1) is 0 Å². The van der Waals surface area contributed by atoms with Crippen LogP contribution in [0.1, 0.15) is 42.4 Å². The van der Waals surface area contributed by atoms with Gasteiger partial charge in [0.1, 0.15) is 5.52 Å². The fraction of sp³-hybridized carbons (Fsp3) is 0.467. The van der Waals surface area contributed by atoms with Gasteiger partial charge in [0.15, 0.2) is 11.5 Å². The van der Waals surface area contributed by atoms with Crippen molar-refractivity contribution in [2.45, 2.75) is 26.2 Å². The zero-order chi connectivity index (χ0) is 14.5. The Morgan fingerprint density at radius 2 is 2.25 bits per heavy atom. The van der Waals surface area contributed by atoms with Crippen molar-refractivity contribution in [2.24, 2.45) is 0 Å². The molecule has 0 aliphatic carbocycles. The first-order valence-corrected chi connectivity index (χ1v) is 8.19. The monoisotopic (exact) mass is 292 g/mol. The van der Waals surface area contributed by atoms with Gasteiger partial charge in [-0.05, 0) is 36.6 Å². The highest BCUT2D eigenvalue weighted by Crippen LogP contribution is 2.21. The van der Waals surface area contributed by atoms with Crippen molar-refractivity contribution in [3.05, 3.63) is 29.7 Å². The summed E-state index contributed by atoms with van der Waals surface area (Å²) in [6.45, 7) is 4.77. The normalized spacial score (nSPS) is 11.2. The van der Waals surface area contributed by atoms with E-state index in [9.17, 15) is 4.79 Å². The van der Waals surface area contributed by atoms with Crippen LogP contribution in [0.25, 0.3) is 11.1 Å². The van der Waals surface area contributed by atoms with Gasteiger partial charge in [-0.1, -0.05) is 13.8 Å². The Balaban J connectivity index is 2.08. The van der Waals surface area contributed by atoms with E-state index in [-0.39, 0.29) is 11.8 Å². The summed E-state index contributed by atoms with van der Waals surface area (Å²) < 4.78 is 5.63. The van der Waals surface area contributed by atoms with Crippen molar-refractivity contribution < 1.29 is 9.21 Å². The summed E-state index contributed by atoms with van der Waals surface area (Å²) in [5, 5.41) is 2.92. The van der Waals surface area contributed by atoms with Gasteiger partial charge in [-0.3, -0.25) is 4.79 Å². The first-order valence-electron chi connectivity index (χ1n) is 6.79. The first-order chi connectivity index (χ1) is 9.61. The molecule has 4 nitrogen and oxygen atoms in total. The highest BCUT2D eigenvalue weighted by molar-refractivity contribution is 7.98. The average molecular weight is 292 g/mol. The molecule has 0 unspecified atom stereocenters. The number of aromatic nitrogens is 1. The topological polar surface area (TPSA) is 55.1 Å². The molecule has 0 spiro atoms. The number of fused-ring (bicyclic) bond motifs is 1. The van der Waals surface area contributed by atoms with Crippen molar-refractivity contribution in [3.63, 3.8) is 0 Å². The van der Waals surface area contributed by atoms with Crippen molar-refractivity contribution in [1.82, 2.24) is 10.3 Å². The van der Waals surface area contributed by atoms with Gasteiger partial charge in [-0.25, -0.2) is 4.98 Å². The second-order valence-corrected chi connectivity index (χ2v) is 5.98. The van der Waals surface area contributed by atoms with Crippen LogP contribution in [-0.4, -0.2) is 29.4 Å². The molecule has 0 saturated heterocycles. The van der Waals surface area contributed by atoms with Crippen molar-refractivity contribution in [2.75, 3.05) is 18.6 Å². The fourth-order valence-electron chi connectivity index (χ4n) is 1.85. The van der Waals surface area contributed by atoms with Crippen LogP contribution in [0.15, 0.2) is 22.6 Å². The van der Waals surface area contributed by atoms with E-state index < -0.39 is 0 Å². The number of oxazole rings is 1. The largest absolute Gasteiger partial charge is 0.440 e. The Morgan fingerprint density at radius 3 is 2.95 bits per heavy atom. The van der Waals surface area contributed by atoms with Gasteiger partial charge in [-0.15, -0.1) is 0 Å². The third-order valence-electron chi connectivity index (χ3n) is 2.97. The van der Waals surface area contributed by atoms with E-state index in [0.29, 0.717) is 18.0 Å². The zero-order valence-corrected chi connectivity index (χ0v) is 12.9. The van der Waals surface area contributed by atoms with E-state index in [4.69, 9.17) is 4.42 Å². The molecule has 0 bridgehead atoms. The molecule has 1 heterocycles. The minimum atomic E-state index is -0.0536. The lowest BCUT2D eigenvalue weighted by atomic mass is 10.2. The molecule has 1 aromatic carbocycles. The number of hydrogen-bond donors (Lipinski definition) is 1. The molecule has 0 saturated carbocycles. The lowest BCUT2D eigenvalue weighted by molar-refractivity contribution is 0.0954. The van der Waals surface area contributed by atoms with Crippen molar-refractivity contribution >= 4 is 28.8 Å². The minimum absolute atomic E-state index is 0.0536. The number of carbonyl (C=O) groups excluding carboxylic acids is 1.